The predicted octanol–water partition coefficient (Wildman–Crippen LogP) is 3.45. The Bertz CT molecular complexity index is 743. The normalized spacial score (nSPS) is 11.3. The fourth-order valence-electron chi connectivity index (χ4n) is 1.98. The lowest BCUT2D eigenvalue weighted by atomic mass is 10.2. The molecule has 4 nitrogen and oxygen atoms in total. The van der Waals surface area contributed by atoms with E-state index in [2.05, 4.69) is 0 Å². The molecule has 0 heterocycles. The third kappa shape index (κ3) is 3.69. The van der Waals surface area contributed by atoms with Crippen LogP contribution in [-0.4, -0.2) is 21.8 Å². The molecular weight excluding hydrogens is 329 g/mol. The van der Waals surface area contributed by atoms with Crippen molar-refractivity contribution in [1.82, 2.24) is 0 Å². The predicted molar refractivity (Wildman–Crippen MR) is 85.4 cm³/mol. The largest absolute Gasteiger partial charge is 0.497 e. The first-order valence-corrected chi connectivity index (χ1v) is 8.60. The van der Waals surface area contributed by atoms with Gasteiger partial charge in [-0.1, -0.05) is 17.7 Å². The van der Waals surface area contributed by atoms with Crippen LogP contribution in [-0.2, 0) is 16.6 Å². The maximum absolute atomic E-state index is 13.9. The Labute approximate surface area is 134 Å². The van der Waals surface area contributed by atoms with Crippen molar-refractivity contribution >= 4 is 27.3 Å². The summed E-state index contributed by atoms with van der Waals surface area (Å²) in [5, 5.41) is 0.183. The monoisotopic (exact) mass is 343 g/mol. The molecule has 2 rings (SSSR count). The van der Waals surface area contributed by atoms with Crippen LogP contribution in [0.3, 0.4) is 0 Å². The van der Waals surface area contributed by atoms with Gasteiger partial charge in [0.25, 0.3) is 0 Å². The minimum atomic E-state index is -3.60. The summed E-state index contributed by atoms with van der Waals surface area (Å²) in [6.45, 7) is -0.184. The molecule has 0 saturated heterocycles. The minimum absolute atomic E-state index is 0.130. The topological polar surface area (TPSA) is 46.6 Å². The van der Waals surface area contributed by atoms with Gasteiger partial charge in [0.05, 0.1) is 25.6 Å². The van der Waals surface area contributed by atoms with Crippen molar-refractivity contribution in [2.45, 2.75) is 6.54 Å². The first kappa shape index (κ1) is 16.6. The Hall–Kier alpha value is -1.79. The van der Waals surface area contributed by atoms with Gasteiger partial charge in [-0.15, -0.1) is 0 Å². The van der Waals surface area contributed by atoms with Gasteiger partial charge < -0.3 is 4.74 Å². The van der Waals surface area contributed by atoms with Crippen LogP contribution in [0.4, 0.5) is 10.1 Å². The molecule has 0 radical (unpaired) electrons. The highest BCUT2D eigenvalue weighted by molar-refractivity contribution is 7.92. The molecule has 118 valence electrons. The van der Waals surface area contributed by atoms with E-state index in [4.69, 9.17) is 16.3 Å². The number of hydrogen-bond acceptors (Lipinski definition) is 3. The van der Waals surface area contributed by atoms with Gasteiger partial charge in [-0.2, -0.15) is 0 Å². The van der Waals surface area contributed by atoms with Crippen molar-refractivity contribution in [2.75, 3.05) is 17.7 Å². The number of halogens is 2. The average Bonchev–Trinajstić information content (AvgIpc) is 2.46. The Morgan fingerprint density at radius 1 is 1.18 bits per heavy atom. The lowest BCUT2D eigenvalue weighted by Gasteiger charge is -2.23. The van der Waals surface area contributed by atoms with E-state index in [0.717, 1.165) is 10.6 Å². The van der Waals surface area contributed by atoms with Gasteiger partial charge in [-0.05, 0) is 36.4 Å². The molecule has 0 spiro atoms. The first-order chi connectivity index (χ1) is 10.3. The zero-order chi connectivity index (χ0) is 16.3. The average molecular weight is 344 g/mol. The first-order valence-electron chi connectivity index (χ1n) is 6.37. The molecule has 0 bridgehead atoms. The zero-order valence-corrected chi connectivity index (χ0v) is 13.7. The summed E-state index contributed by atoms with van der Waals surface area (Å²) >= 11 is 5.98. The quantitative estimate of drug-likeness (QED) is 0.835. The lowest BCUT2D eigenvalue weighted by Crippen LogP contribution is -2.29. The van der Waals surface area contributed by atoms with E-state index in [1.807, 2.05) is 0 Å². The van der Waals surface area contributed by atoms with Crippen molar-refractivity contribution in [3.05, 3.63) is 58.9 Å². The van der Waals surface area contributed by atoms with E-state index >= 15 is 0 Å². The fourth-order valence-corrected chi connectivity index (χ4v) is 3.07. The Morgan fingerprint density at radius 2 is 1.82 bits per heavy atom. The van der Waals surface area contributed by atoms with Gasteiger partial charge in [0.15, 0.2) is 0 Å². The van der Waals surface area contributed by atoms with E-state index in [1.54, 1.807) is 24.3 Å². The van der Waals surface area contributed by atoms with Crippen LogP contribution in [0.25, 0.3) is 0 Å². The number of sulfonamides is 1. The van der Waals surface area contributed by atoms with Crippen molar-refractivity contribution in [1.29, 1.82) is 0 Å². The van der Waals surface area contributed by atoms with E-state index in [9.17, 15) is 12.8 Å². The fraction of sp³-hybridized carbons (Fsp3) is 0.200. The summed E-state index contributed by atoms with van der Waals surface area (Å²) in [5.74, 6) is 0.0517. The van der Waals surface area contributed by atoms with Crippen molar-refractivity contribution in [3.63, 3.8) is 0 Å². The minimum Gasteiger partial charge on any atom is -0.497 e. The molecule has 7 heteroatoms. The van der Waals surface area contributed by atoms with E-state index in [0.29, 0.717) is 11.4 Å². The van der Waals surface area contributed by atoms with Crippen LogP contribution in [0, 0.1) is 5.82 Å². The smallest absolute Gasteiger partial charge is 0.232 e. The lowest BCUT2D eigenvalue weighted by molar-refractivity contribution is 0.415. The third-order valence-corrected chi connectivity index (χ3v) is 4.62. The number of benzene rings is 2. The Morgan fingerprint density at radius 3 is 2.32 bits per heavy atom. The van der Waals surface area contributed by atoms with Gasteiger partial charge in [-0.25, -0.2) is 12.8 Å². The molecule has 2 aromatic rings. The molecule has 2 aromatic carbocycles. The highest BCUT2D eigenvalue weighted by Crippen LogP contribution is 2.27. The van der Waals surface area contributed by atoms with Crippen LogP contribution in [0.1, 0.15) is 5.56 Å². The highest BCUT2D eigenvalue weighted by atomic mass is 35.5. The molecule has 0 aliphatic heterocycles. The van der Waals surface area contributed by atoms with E-state index in [-0.39, 0.29) is 17.1 Å². The number of anilines is 1. The summed E-state index contributed by atoms with van der Waals surface area (Å²) in [6.07, 6.45) is 1.06. The summed E-state index contributed by atoms with van der Waals surface area (Å²) in [7, 11) is -2.09. The van der Waals surface area contributed by atoms with E-state index in [1.165, 1.54) is 25.3 Å². The molecule has 0 N–H and O–H groups in total. The van der Waals surface area contributed by atoms with Crippen LogP contribution in [0.15, 0.2) is 42.5 Å². The number of rotatable bonds is 5. The second-order valence-corrected chi connectivity index (χ2v) is 6.98. The third-order valence-electron chi connectivity index (χ3n) is 3.12. The standard InChI is InChI=1S/C15H15ClFNO3S/c1-21-12-8-6-11(7-9-12)18(22(2,19)20)10-13-14(16)4-3-5-15(13)17/h3-9H,10H2,1-2H3. The van der Waals surface area contributed by atoms with Gasteiger partial charge in [-0.3, -0.25) is 4.31 Å². The molecule has 0 aromatic heterocycles. The summed E-state index contributed by atoms with van der Waals surface area (Å²) < 4.78 is 44.1. The second-order valence-electron chi connectivity index (χ2n) is 4.67. The van der Waals surface area contributed by atoms with Crippen molar-refractivity contribution < 1.29 is 17.5 Å². The van der Waals surface area contributed by atoms with Gasteiger partial charge in [0.1, 0.15) is 11.6 Å². The Kier molecular flexibility index (Phi) is 4.93. The molecule has 0 atom stereocenters. The van der Waals surface area contributed by atoms with Gasteiger partial charge in [0.2, 0.25) is 10.0 Å². The molecule has 0 unspecified atom stereocenters. The van der Waals surface area contributed by atoms with Crippen LogP contribution < -0.4 is 9.04 Å². The summed E-state index contributed by atoms with van der Waals surface area (Å²) in [5.41, 5.74) is 0.535. The zero-order valence-electron chi connectivity index (χ0n) is 12.1. The van der Waals surface area contributed by atoms with E-state index < -0.39 is 15.8 Å². The maximum Gasteiger partial charge on any atom is 0.232 e. The van der Waals surface area contributed by atoms with Crippen LogP contribution in [0.5, 0.6) is 5.75 Å². The number of ether oxygens (including phenoxy) is 1. The highest BCUT2D eigenvalue weighted by Gasteiger charge is 2.21. The summed E-state index contributed by atoms with van der Waals surface area (Å²) in [4.78, 5) is 0. The van der Waals surface area contributed by atoms with Crippen molar-refractivity contribution in [2.24, 2.45) is 0 Å². The molecule has 0 fully saturated rings. The summed E-state index contributed by atoms with van der Waals surface area (Å²) in [6, 6.07) is 10.7. The molecule has 22 heavy (non-hydrogen) atoms. The number of nitrogens with zero attached hydrogens (tertiary/aromatic N) is 1. The van der Waals surface area contributed by atoms with Gasteiger partial charge >= 0.3 is 0 Å². The van der Waals surface area contributed by atoms with Crippen molar-refractivity contribution in [3.8, 4) is 5.75 Å². The molecule has 0 saturated carbocycles. The van der Waals surface area contributed by atoms with Crippen LogP contribution in [0.2, 0.25) is 5.02 Å². The Balaban J connectivity index is 2.43. The molecule has 0 aliphatic carbocycles. The molecular formula is C15H15ClFNO3S. The van der Waals surface area contributed by atoms with Gasteiger partial charge in [0, 0.05) is 10.6 Å². The molecule has 0 aliphatic rings. The second kappa shape index (κ2) is 6.54. The SMILES string of the molecule is COc1ccc(N(Cc2c(F)cccc2Cl)S(C)(=O)=O)cc1. The maximum atomic E-state index is 13.9. The number of hydrogen-bond donors (Lipinski definition) is 0. The molecule has 0 amide bonds. The number of methoxy groups -OCH3 is 1. The van der Waals surface area contributed by atoms with Crippen LogP contribution >= 0.6 is 11.6 Å².